The zero-order chi connectivity index (χ0) is 20.2. The molecular formula is C23H23N5O. The second-order valence-corrected chi connectivity index (χ2v) is 7.37. The molecule has 1 aliphatic rings. The fraction of sp³-hybridized carbons (Fsp3) is 0.304. The van der Waals surface area contributed by atoms with Crippen molar-refractivity contribution in [2.75, 3.05) is 18.0 Å². The quantitative estimate of drug-likeness (QED) is 0.674. The molecule has 0 unspecified atom stereocenters. The number of pyridine rings is 1. The summed E-state index contributed by atoms with van der Waals surface area (Å²) < 4.78 is 6.10. The summed E-state index contributed by atoms with van der Waals surface area (Å²) in [5.41, 5.74) is 4.75. The minimum absolute atomic E-state index is 0.141. The average molecular weight is 385 g/mol. The number of rotatable bonds is 4. The first-order chi connectivity index (χ1) is 14.1. The van der Waals surface area contributed by atoms with Crippen LogP contribution in [0.2, 0.25) is 0 Å². The Labute approximate surface area is 170 Å². The predicted molar refractivity (Wildman–Crippen MR) is 112 cm³/mol. The third kappa shape index (κ3) is 4.19. The number of nitrogens with zero attached hydrogens (tertiary/aromatic N) is 5. The topological polar surface area (TPSA) is 74.9 Å². The fourth-order valence-electron chi connectivity index (χ4n) is 3.75. The molecule has 0 N–H and O–H groups in total. The van der Waals surface area contributed by atoms with Crippen LogP contribution in [0.5, 0.6) is 5.75 Å². The molecule has 1 fully saturated rings. The number of piperidine rings is 1. The number of anilines is 1. The molecule has 6 heteroatoms. The Morgan fingerprint density at radius 3 is 2.69 bits per heavy atom. The molecule has 0 atom stereocenters. The standard InChI is InChI=1S/C23H23N5O/c1-16-10-19(14-25-13-16)22-17(2)23(27-15-26-22)28-8-6-20(7-9-28)29-21-5-3-4-18(11-21)12-24/h3-5,10-11,13-15,20H,6-9H2,1-2H3. The van der Waals surface area contributed by atoms with Crippen molar-refractivity contribution in [3.8, 4) is 23.1 Å². The zero-order valence-corrected chi connectivity index (χ0v) is 16.7. The number of hydrogen-bond donors (Lipinski definition) is 0. The van der Waals surface area contributed by atoms with E-state index in [2.05, 4.69) is 38.9 Å². The Balaban J connectivity index is 1.46. The lowest BCUT2D eigenvalue weighted by Crippen LogP contribution is -2.39. The van der Waals surface area contributed by atoms with Crippen LogP contribution in [0.25, 0.3) is 11.3 Å². The maximum absolute atomic E-state index is 9.05. The third-order valence-electron chi connectivity index (χ3n) is 5.21. The molecule has 29 heavy (non-hydrogen) atoms. The molecule has 0 amide bonds. The number of hydrogen-bond acceptors (Lipinski definition) is 6. The molecule has 1 aliphatic heterocycles. The molecule has 6 nitrogen and oxygen atoms in total. The first-order valence-electron chi connectivity index (χ1n) is 9.79. The SMILES string of the molecule is Cc1cncc(-c2ncnc(N3CCC(Oc4cccc(C#N)c4)CC3)c2C)c1. The maximum atomic E-state index is 9.05. The van der Waals surface area contributed by atoms with Gasteiger partial charge >= 0.3 is 0 Å². The summed E-state index contributed by atoms with van der Waals surface area (Å²) in [5.74, 6) is 1.73. The minimum Gasteiger partial charge on any atom is -0.490 e. The van der Waals surface area contributed by atoms with E-state index < -0.39 is 0 Å². The normalized spacial score (nSPS) is 14.4. The number of aromatic nitrogens is 3. The molecule has 0 aliphatic carbocycles. The average Bonchev–Trinajstić information content (AvgIpc) is 2.75. The highest BCUT2D eigenvalue weighted by Crippen LogP contribution is 2.29. The summed E-state index contributed by atoms with van der Waals surface area (Å²) in [4.78, 5) is 15.7. The van der Waals surface area contributed by atoms with Crippen LogP contribution < -0.4 is 9.64 Å². The Morgan fingerprint density at radius 1 is 1.10 bits per heavy atom. The first kappa shape index (κ1) is 18.9. The maximum Gasteiger partial charge on any atom is 0.135 e. The summed E-state index contributed by atoms with van der Waals surface area (Å²) in [6.45, 7) is 5.84. The summed E-state index contributed by atoms with van der Waals surface area (Å²) >= 11 is 0. The third-order valence-corrected chi connectivity index (χ3v) is 5.21. The van der Waals surface area contributed by atoms with E-state index in [9.17, 15) is 0 Å². The lowest BCUT2D eigenvalue weighted by Gasteiger charge is -2.33. The van der Waals surface area contributed by atoms with E-state index in [4.69, 9.17) is 10.00 Å². The van der Waals surface area contributed by atoms with Crippen LogP contribution in [0.3, 0.4) is 0 Å². The van der Waals surface area contributed by atoms with Crippen LogP contribution >= 0.6 is 0 Å². The Hall–Kier alpha value is -3.46. The van der Waals surface area contributed by atoms with Gasteiger partial charge in [0.05, 0.1) is 17.3 Å². The van der Waals surface area contributed by atoms with E-state index in [-0.39, 0.29) is 6.10 Å². The van der Waals surface area contributed by atoms with Gasteiger partial charge in [-0.15, -0.1) is 0 Å². The van der Waals surface area contributed by atoms with Crippen molar-refractivity contribution in [2.24, 2.45) is 0 Å². The monoisotopic (exact) mass is 385 g/mol. The van der Waals surface area contributed by atoms with Crippen molar-refractivity contribution in [1.29, 1.82) is 5.26 Å². The van der Waals surface area contributed by atoms with Crippen molar-refractivity contribution in [2.45, 2.75) is 32.8 Å². The van der Waals surface area contributed by atoms with E-state index in [1.165, 1.54) is 0 Å². The second-order valence-electron chi connectivity index (χ2n) is 7.37. The second kappa shape index (κ2) is 8.27. The van der Waals surface area contributed by atoms with E-state index in [0.717, 1.165) is 59.9 Å². The summed E-state index contributed by atoms with van der Waals surface area (Å²) in [6.07, 6.45) is 7.28. The van der Waals surface area contributed by atoms with Gasteiger partial charge < -0.3 is 9.64 Å². The van der Waals surface area contributed by atoms with Gasteiger partial charge in [0.2, 0.25) is 0 Å². The van der Waals surface area contributed by atoms with Crippen LogP contribution in [0.15, 0.2) is 49.1 Å². The van der Waals surface area contributed by atoms with Crippen LogP contribution in [-0.2, 0) is 0 Å². The molecule has 0 radical (unpaired) electrons. The van der Waals surface area contributed by atoms with Crippen LogP contribution in [-0.4, -0.2) is 34.1 Å². The predicted octanol–water partition coefficient (Wildman–Crippen LogP) is 4.07. The van der Waals surface area contributed by atoms with Crippen LogP contribution in [0.4, 0.5) is 5.82 Å². The van der Waals surface area contributed by atoms with Gasteiger partial charge in [0, 0.05) is 49.5 Å². The van der Waals surface area contributed by atoms with Crippen molar-refractivity contribution in [3.63, 3.8) is 0 Å². The van der Waals surface area contributed by atoms with Gasteiger partial charge in [0.15, 0.2) is 0 Å². The van der Waals surface area contributed by atoms with E-state index >= 15 is 0 Å². The Bertz CT molecular complexity index is 1050. The highest BCUT2D eigenvalue weighted by molar-refractivity contribution is 5.68. The van der Waals surface area contributed by atoms with Gasteiger partial charge in [-0.3, -0.25) is 4.98 Å². The van der Waals surface area contributed by atoms with Gasteiger partial charge in [-0.25, -0.2) is 9.97 Å². The van der Waals surface area contributed by atoms with Gasteiger partial charge in [0.1, 0.15) is 24.0 Å². The molecule has 0 spiro atoms. The van der Waals surface area contributed by atoms with Gasteiger partial charge in [0.25, 0.3) is 0 Å². The Kier molecular flexibility index (Phi) is 5.39. The molecule has 2 aromatic heterocycles. The molecule has 1 aromatic carbocycles. The summed E-state index contributed by atoms with van der Waals surface area (Å²) in [7, 11) is 0. The molecule has 3 heterocycles. The highest BCUT2D eigenvalue weighted by Gasteiger charge is 2.24. The molecule has 4 rings (SSSR count). The van der Waals surface area contributed by atoms with Gasteiger partial charge in [-0.1, -0.05) is 6.07 Å². The summed E-state index contributed by atoms with van der Waals surface area (Å²) in [6, 6.07) is 11.6. The fourth-order valence-corrected chi connectivity index (χ4v) is 3.75. The van der Waals surface area contributed by atoms with E-state index in [1.54, 1.807) is 18.5 Å². The molecule has 3 aromatic rings. The first-order valence-corrected chi connectivity index (χ1v) is 9.79. The van der Waals surface area contributed by atoms with Crippen molar-refractivity contribution in [3.05, 3.63) is 65.7 Å². The van der Waals surface area contributed by atoms with Gasteiger partial charge in [-0.05, 0) is 43.7 Å². The lowest BCUT2D eigenvalue weighted by molar-refractivity contribution is 0.170. The molecular weight excluding hydrogens is 362 g/mol. The summed E-state index contributed by atoms with van der Waals surface area (Å²) in [5, 5.41) is 9.05. The van der Waals surface area contributed by atoms with Crippen molar-refractivity contribution in [1.82, 2.24) is 15.0 Å². The lowest BCUT2D eigenvalue weighted by atomic mass is 10.0. The molecule has 0 bridgehead atoms. The highest BCUT2D eigenvalue weighted by atomic mass is 16.5. The van der Waals surface area contributed by atoms with Crippen LogP contribution in [0.1, 0.15) is 29.5 Å². The largest absolute Gasteiger partial charge is 0.490 e. The smallest absolute Gasteiger partial charge is 0.135 e. The number of benzene rings is 1. The van der Waals surface area contributed by atoms with Gasteiger partial charge in [-0.2, -0.15) is 5.26 Å². The minimum atomic E-state index is 0.141. The van der Waals surface area contributed by atoms with Crippen LogP contribution in [0, 0.1) is 25.2 Å². The zero-order valence-electron chi connectivity index (χ0n) is 16.7. The van der Waals surface area contributed by atoms with Crippen molar-refractivity contribution >= 4 is 5.82 Å². The Morgan fingerprint density at radius 2 is 1.93 bits per heavy atom. The number of ether oxygens (including phenoxy) is 1. The molecule has 0 saturated carbocycles. The molecule has 146 valence electrons. The number of aryl methyl sites for hydroxylation is 1. The van der Waals surface area contributed by atoms with Crippen molar-refractivity contribution < 1.29 is 4.74 Å². The number of nitriles is 1. The van der Waals surface area contributed by atoms with E-state index in [1.807, 2.05) is 31.5 Å². The van der Waals surface area contributed by atoms with E-state index in [0.29, 0.717) is 5.56 Å². The molecule has 1 saturated heterocycles.